The van der Waals surface area contributed by atoms with Crippen LogP contribution in [0.3, 0.4) is 0 Å². The molecule has 1 atom stereocenters. The number of aryl methyl sites for hydroxylation is 1. The molecule has 21 heavy (non-hydrogen) atoms. The fourth-order valence-electron chi connectivity index (χ4n) is 3.06. The lowest BCUT2D eigenvalue weighted by atomic mass is 9.80. The van der Waals surface area contributed by atoms with Crippen LogP contribution in [0.1, 0.15) is 33.5 Å². The summed E-state index contributed by atoms with van der Waals surface area (Å²) in [7, 11) is 0. The Kier molecular flexibility index (Phi) is 3.97. The summed E-state index contributed by atoms with van der Waals surface area (Å²) in [5.74, 6) is 0.140. The molecule has 0 saturated carbocycles. The molecule has 1 heterocycles. The first-order valence-corrected chi connectivity index (χ1v) is 7.21. The molecule has 0 radical (unpaired) electrons. The molecule has 2 N–H and O–H groups in total. The first-order valence-electron chi connectivity index (χ1n) is 7.21. The first-order chi connectivity index (χ1) is 10.3. The van der Waals surface area contributed by atoms with Crippen LogP contribution in [0.4, 0.5) is 0 Å². The van der Waals surface area contributed by atoms with Crippen LogP contribution < -0.4 is 5.48 Å². The summed E-state index contributed by atoms with van der Waals surface area (Å²) in [6.45, 7) is 0. The third-order valence-corrected chi connectivity index (χ3v) is 4.17. The Morgan fingerprint density at radius 1 is 1.24 bits per heavy atom. The van der Waals surface area contributed by atoms with Crippen LogP contribution in [0.2, 0.25) is 0 Å². The van der Waals surface area contributed by atoms with E-state index in [-0.39, 0.29) is 0 Å². The van der Waals surface area contributed by atoms with Crippen LogP contribution in [0.5, 0.6) is 0 Å². The molecule has 1 aromatic heterocycles. The number of nitrogens with zero attached hydrogens (tertiary/aromatic N) is 1. The zero-order valence-corrected chi connectivity index (χ0v) is 11.7. The fraction of sp³-hybridized carbons (Fsp3) is 0.294. The van der Waals surface area contributed by atoms with Gasteiger partial charge in [-0.25, -0.2) is 5.48 Å². The highest BCUT2D eigenvalue weighted by atomic mass is 16.5. The number of hydrogen-bond donors (Lipinski definition) is 2. The summed E-state index contributed by atoms with van der Waals surface area (Å²) in [6.07, 6.45) is 7.89. The van der Waals surface area contributed by atoms with Crippen LogP contribution in [0, 0.1) is 5.92 Å². The minimum Gasteiger partial charge on any atom is -0.288 e. The molecule has 1 aliphatic rings. The fourth-order valence-corrected chi connectivity index (χ4v) is 3.06. The van der Waals surface area contributed by atoms with E-state index < -0.39 is 5.91 Å². The number of carbonyl (C=O) groups is 1. The Morgan fingerprint density at radius 3 is 2.81 bits per heavy atom. The molecule has 4 heteroatoms. The van der Waals surface area contributed by atoms with E-state index in [1.54, 1.807) is 11.5 Å². The van der Waals surface area contributed by atoms with Crippen molar-refractivity contribution in [3.8, 4) is 0 Å². The standard InChI is InChI=1S/C17H18N2O2/c20-17(19-21)15-4-3-14-2-1-13(10-16(14)11-15)9-12-5-7-18-8-6-12/h3-8,11,13,21H,1-2,9-10H2,(H,19,20). The number of benzene rings is 1. The van der Waals surface area contributed by atoms with Crippen molar-refractivity contribution in [2.24, 2.45) is 5.92 Å². The van der Waals surface area contributed by atoms with Gasteiger partial charge < -0.3 is 0 Å². The van der Waals surface area contributed by atoms with E-state index in [0.29, 0.717) is 11.5 Å². The molecule has 0 spiro atoms. The summed E-state index contributed by atoms with van der Waals surface area (Å²) in [5.41, 5.74) is 6.05. The highest BCUT2D eigenvalue weighted by molar-refractivity contribution is 5.93. The normalized spacial score (nSPS) is 17.1. The van der Waals surface area contributed by atoms with Gasteiger partial charge in [0.05, 0.1) is 0 Å². The molecule has 1 aliphatic carbocycles. The maximum absolute atomic E-state index is 11.5. The van der Waals surface area contributed by atoms with E-state index >= 15 is 0 Å². The third-order valence-electron chi connectivity index (χ3n) is 4.17. The van der Waals surface area contributed by atoms with Crippen molar-refractivity contribution in [1.82, 2.24) is 10.5 Å². The molecule has 108 valence electrons. The Balaban J connectivity index is 1.76. The number of aromatic nitrogens is 1. The number of nitrogens with one attached hydrogen (secondary N) is 1. The maximum atomic E-state index is 11.5. The molecule has 4 nitrogen and oxygen atoms in total. The van der Waals surface area contributed by atoms with Crippen LogP contribution >= 0.6 is 0 Å². The second-order valence-electron chi connectivity index (χ2n) is 5.59. The number of hydrogen-bond acceptors (Lipinski definition) is 3. The van der Waals surface area contributed by atoms with Gasteiger partial charge >= 0.3 is 0 Å². The van der Waals surface area contributed by atoms with Crippen molar-refractivity contribution in [3.63, 3.8) is 0 Å². The molecule has 0 aliphatic heterocycles. The van der Waals surface area contributed by atoms with Gasteiger partial charge in [-0.1, -0.05) is 6.07 Å². The van der Waals surface area contributed by atoms with Gasteiger partial charge in [-0.05, 0) is 72.6 Å². The Morgan fingerprint density at radius 2 is 2.05 bits per heavy atom. The van der Waals surface area contributed by atoms with E-state index in [1.807, 2.05) is 24.5 Å². The van der Waals surface area contributed by atoms with E-state index in [0.717, 1.165) is 19.3 Å². The topological polar surface area (TPSA) is 62.2 Å². The van der Waals surface area contributed by atoms with E-state index in [2.05, 4.69) is 17.1 Å². The largest absolute Gasteiger partial charge is 0.288 e. The van der Waals surface area contributed by atoms with Gasteiger partial charge in [-0.15, -0.1) is 0 Å². The number of amides is 1. The Hall–Kier alpha value is -2.20. The summed E-state index contributed by atoms with van der Waals surface area (Å²) in [4.78, 5) is 15.6. The highest BCUT2D eigenvalue weighted by Crippen LogP contribution is 2.28. The van der Waals surface area contributed by atoms with Crippen LogP contribution in [-0.2, 0) is 19.3 Å². The number of rotatable bonds is 3. The van der Waals surface area contributed by atoms with E-state index in [4.69, 9.17) is 5.21 Å². The predicted octanol–water partition coefficient (Wildman–Crippen LogP) is 2.55. The Bertz CT molecular complexity index is 640. The second kappa shape index (κ2) is 6.06. The molecular formula is C17H18N2O2. The van der Waals surface area contributed by atoms with Gasteiger partial charge in [-0.2, -0.15) is 0 Å². The number of fused-ring (bicyclic) bond motifs is 1. The molecular weight excluding hydrogens is 264 g/mol. The quantitative estimate of drug-likeness (QED) is 0.672. The van der Waals surface area contributed by atoms with E-state index in [9.17, 15) is 4.79 Å². The SMILES string of the molecule is O=C(NO)c1ccc2c(c1)CC(Cc1ccncc1)CC2. The van der Waals surface area contributed by atoms with Gasteiger partial charge in [0.25, 0.3) is 5.91 Å². The van der Waals surface area contributed by atoms with Gasteiger partial charge in [0.15, 0.2) is 0 Å². The minimum absolute atomic E-state index is 0.450. The molecule has 0 bridgehead atoms. The van der Waals surface area contributed by atoms with E-state index in [1.165, 1.54) is 23.1 Å². The second-order valence-corrected chi connectivity index (χ2v) is 5.59. The lowest BCUT2D eigenvalue weighted by Gasteiger charge is -2.25. The zero-order chi connectivity index (χ0) is 14.7. The number of pyridine rings is 1. The zero-order valence-electron chi connectivity index (χ0n) is 11.7. The average molecular weight is 282 g/mol. The molecule has 1 unspecified atom stereocenters. The lowest BCUT2D eigenvalue weighted by Crippen LogP contribution is -2.21. The van der Waals surface area contributed by atoms with Crippen molar-refractivity contribution < 1.29 is 10.0 Å². The first kappa shape index (κ1) is 13.8. The van der Waals surface area contributed by atoms with Crippen molar-refractivity contribution in [2.75, 3.05) is 0 Å². The predicted molar refractivity (Wildman–Crippen MR) is 79.2 cm³/mol. The third kappa shape index (κ3) is 3.11. The van der Waals surface area contributed by atoms with Gasteiger partial charge in [0.1, 0.15) is 0 Å². The van der Waals surface area contributed by atoms with Crippen molar-refractivity contribution >= 4 is 5.91 Å². The lowest BCUT2D eigenvalue weighted by molar-refractivity contribution is 0.0706. The van der Waals surface area contributed by atoms with Crippen molar-refractivity contribution in [3.05, 3.63) is 65.0 Å². The number of hydroxylamine groups is 1. The Labute approximate surface area is 123 Å². The smallest absolute Gasteiger partial charge is 0.274 e. The number of carbonyl (C=O) groups excluding carboxylic acids is 1. The van der Waals surface area contributed by atoms with Crippen LogP contribution in [0.15, 0.2) is 42.7 Å². The average Bonchev–Trinajstić information content (AvgIpc) is 2.54. The van der Waals surface area contributed by atoms with Gasteiger partial charge in [0, 0.05) is 18.0 Å². The molecule has 2 aromatic rings. The molecule has 1 amide bonds. The van der Waals surface area contributed by atoms with Crippen molar-refractivity contribution in [2.45, 2.75) is 25.7 Å². The summed E-state index contributed by atoms with van der Waals surface area (Å²) in [6, 6.07) is 9.80. The van der Waals surface area contributed by atoms with Crippen LogP contribution in [-0.4, -0.2) is 16.1 Å². The summed E-state index contributed by atoms with van der Waals surface area (Å²) >= 11 is 0. The highest BCUT2D eigenvalue weighted by Gasteiger charge is 2.20. The van der Waals surface area contributed by atoms with Gasteiger partial charge in [0.2, 0.25) is 0 Å². The van der Waals surface area contributed by atoms with Gasteiger partial charge in [-0.3, -0.25) is 15.0 Å². The van der Waals surface area contributed by atoms with Crippen LogP contribution in [0.25, 0.3) is 0 Å². The molecule has 0 fully saturated rings. The maximum Gasteiger partial charge on any atom is 0.274 e. The summed E-state index contributed by atoms with van der Waals surface area (Å²) in [5, 5.41) is 8.73. The molecule has 1 aromatic carbocycles. The van der Waals surface area contributed by atoms with Crippen molar-refractivity contribution in [1.29, 1.82) is 0 Å². The molecule has 3 rings (SSSR count). The minimum atomic E-state index is -0.450. The molecule has 0 saturated heterocycles. The monoisotopic (exact) mass is 282 g/mol. The summed E-state index contributed by atoms with van der Waals surface area (Å²) < 4.78 is 0.